The quantitative estimate of drug-likeness (QED) is 0.562. The normalized spacial score (nSPS) is 28.6. The Labute approximate surface area is 231 Å². The third-order valence-corrected chi connectivity index (χ3v) is 10.6. The van der Waals surface area contributed by atoms with E-state index in [1.54, 1.807) is 12.3 Å². The fraction of sp³-hybridized carbons (Fsp3) is 0.500. The number of anilines is 1. The van der Waals surface area contributed by atoms with Gasteiger partial charge in [-0.05, 0) is 49.1 Å². The molecule has 1 aromatic carbocycles. The number of hydrogen-bond donors (Lipinski definition) is 1. The van der Waals surface area contributed by atoms with Crippen molar-refractivity contribution >= 4 is 44.1 Å². The number of rotatable bonds is 5. The fourth-order valence-electron chi connectivity index (χ4n) is 5.51. The summed E-state index contributed by atoms with van der Waals surface area (Å²) in [4.78, 5) is 26.3. The average molecular weight is 576 g/mol. The molecule has 3 unspecified atom stereocenters. The topological polar surface area (TPSA) is 115 Å². The molecule has 1 aromatic rings. The third-order valence-electron chi connectivity index (χ3n) is 7.48. The summed E-state index contributed by atoms with van der Waals surface area (Å²) >= 11 is 1.41. The fourth-order valence-corrected chi connectivity index (χ4v) is 8.30. The summed E-state index contributed by atoms with van der Waals surface area (Å²) in [6.45, 7) is 5.37. The van der Waals surface area contributed by atoms with Crippen molar-refractivity contribution in [3.05, 3.63) is 53.1 Å². The van der Waals surface area contributed by atoms with Gasteiger partial charge in [-0.3, -0.25) is 19.0 Å². The van der Waals surface area contributed by atoms with Crippen LogP contribution in [0.2, 0.25) is 0 Å². The van der Waals surface area contributed by atoms with Crippen molar-refractivity contribution < 1.29 is 27.4 Å². The Balaban J connectivity index is 1.19. The number of aliphatic hydroxyl groups excluding tert-OH is 1. The first kappa shape index (κ1) is 26.5. The van der Waals surface area contributed by atoms with Gasteiger partial charge in [0.15, 0.2) is 12.3 Å². The van der Waals surface area contributed by atoms with Gasteiger partial charge in [0.05, 0.1) is 36.9 Å². The number of sulfonamides is 1. The average Bonchev–Trinajstić information content (AvgIpc) is 3.53. The summed E-state index contributed by atoms with van der Waals surface area (Å²) in [7, 11) is -3.47. The van der Waals surface area contributed by atoms with Gasteiger partial charge in [0.1, 0.15) is 16.7 Å². The van der Waals surface area contributed by atoms with Gasteiger partial charge in [-0.1, -0.05) is 6.07 Å². The highest BCUT2D eigenvalue weighted by atomic mass is 32.2. The van der Waals surface area contributed by atoms with E-state index in [1.807, 2.05) is 13.0 Å². The molecule has 2 fully saturated rings. The molecule has 0 bridgehead atoms. The first-order valence-electron chi connectivity index (χ1n) is 13.0. The number of morpholine rings is 1. The Morgan fingerprint density at radius 3 is 2.77 bits per heavy atom. The van der Waals surface area contributed by atoms with E-state index in [0.717, 1.165) is 29.9 Å². The van der Waals surface area contributed by atoms with Gasteiger partial charge in [0.25, 0.3) is 0 Å². The zero-order valence-electron chi connectivity index (χ0n) is 21.5. The number of carbonyl (C=O) groups is 1. The number of ether oxygens (including phenoxy) is 1. The van der Waals surface area contributed by atoms with Gasteiger partial charge in [0, 0.05) is 31.1 Å². The maximum Gasteiger partial charge on any atom is 0.235 e. The molecule has 5 aliphatic heterocycles. The molecule has 5 aliphatic rings. The van der Waals surface area contributed by atoms with Crippen molar-refractivity contribution in [1.82, 2.24) is 9.80 Å². The summed E-state index contributed by atoms with van der Waals surface area (Å²) in [6, 6.07) is 3.33. The molecule has 6 rings (SSSR count). The number of allylic oxidation sites excluding steroid dienone is 1. The van der Waals surface area contributed by atoms with Gasteiger partial charge in [-0.15, -0.1) is 11.8 Å². The maximum atomic E-state index is 14.1. The molecule has 39 heavy (non-hydrogen) atoms. The number of amidine groups is 1. The van der Waals surface area contributed by atoms with Crippen LogP contribution in [0.3, 0.4) is 0 Å². The van der Waals surface area contributed by atoms with Crippen LogP contribution in [0.1, 0.15) is 18.9 Å². The second-order valence-corrected chi connectivity index (χ2v) is 13.5. The molecule has 0 saturated carbocycles. The standard InChI is InChI=1S/C26H30FN5O5S2/c1-16-11-19(30-6-8-37-9-7-30)15-31-24(16)29-22(23(33)26(31)34)25-28-14-20(38-25)12-17-3-4-18(27)13-21(17)32-5-2-10-39(32,35)36/h3-4,11,13,15,20,22,26,34H,2,5-10,12,14H2,1H3. The predicted molar refractivity (Wildman–Crippen MR) is 148 cm³/mol. The summed E-state index contributed by atoms with van der Waals surface area (Å²) < 4.78 is 45.9. The van der Waals surface area contributed by atoms with E-state index >= 15 is 0 Å². The Morgan fingerprint density at radius 2 is 2.03 bits per heavy atom. The first-order chi connectivity index (χ1) is 18.7. The molecule has 10 nitrogen and oxygen atoms in total. The molecule has 5 heterocycles. The van der Waals surface area contributed by atoms with Crippen LogP contribution in [0.15, 0.2) is 51.7 Å². The molecular formula is C26H30FN5O5S2. The van der Waals surface area contributed by atoms with Gasteiger partial charge < -0.3 is 14.7 Å². The second-order valence-electron chi connectivity index (χ2n) is 10.2. The second kappa shape index (κ2) is 10.3. The minimum absolute atomic E-state index is 0.0505. The number of benzene rings is 1. The van der Waals surface area contributed by atoms with Crippen LogP contribution in [0, 0.1) is 5.82 Å². The summed E-state index contributed by atoms with van der Waals surface area (Å²) in [5.41, 5.74) is 2.84. The minimum Gasteiger partial charge on any atom is -0.378 e. The maximum absolute atomic E-state index is 14.1. The lowest BCUT2D eigenvalue weighted by Crippen LogP contribution is -2.53. The van der Waals surface area contributed by atoms with Gasteiger partial charge in [-0.25, -0.2) is 17.8 Å². The Bertz CT molecular complexity index is 1420. The zero-order chi connectivity index (χ0) is 27.3. The van der Waals surface area contributed by atoms with E-state index in [2.05, 4.69) is 9.89 Å². The Morgan fingerprint density at radius 1 is 1.23 bits per heavy atom. The highest BCUT2D eigenvalue weighted by Crippen LogP contribution is 2.35. The van der Waals surface area contributed by atoms with E-state index in [1.165, 1.54) is 33.1 Å². The number of aliphatic hydroxyl groups is 1. The van der Waals surface area contributed by atoms with Gasteiger partial charge >= 0.3 is 0 Å². The van der Waals surface area contributed by atoms with Crippen molar-refractivity contribution in [2.75, 3.05) is 49.5 Å². The van der Waals surface area contributed by atoms with Crippen LogP contribution in [0.25, 0.3) is 0 Å². The number of thioether (sulfide) groups is 1. The predicted octanol–water partition coefficient (Wildman–Crippen LogP) is 1.53. The lowest BCUT2D eigenvalue weighted by Gasteiger charge is -2.39. The molecule has 0 aromatic heterocycles. The van der Waals surface area contributed by atoms with E-state index < -0.39 is 33.9 Å². The lowest BCUT2D eigenvalue weighted by molar-refractivity contribution is -0.132. The summed E-state index contributed by atoms with van der Waals surface area (Å²) in [5.74, 6) is -0.343. The van der Waals surface area contributed by atoms with Crippen molar-refractivity contribution in [1.29, 1.82) is 0 Å². The number of fused-ring (bicyclic) bond motifs is 1. The van der Waals surface area contributed by atoms with Crippen molar-refractivity contribution in [2.45, 2.75) is 37.3 Å². The van der Waals surface area contributed by atoms with Crippen LogP contribution in [-0.2, 0) is 26.0 Å². The zero-order valence-corrected chi connectivity index (χ0v) is 23.1. The van der Waals surface area contributed by atoms with Crippen LogP contribution in [0.4, 0.5) is 10.1 Å². The largest absolute Gasteiger partial charge is 0.378 e. The molecule has 0 radical (unpaired) electrons. The summed E-state index contributed by atoms with van der Waals surface area (Å²) in [5, 5.41) is 11.4. The Hall–Kier alpha value is -2.74. The summed E-state index contributed by atoms with van der Waals surface area (Å²) in [6.07, 6.45) is 3.36. The molecule has 208 valence electrons. The molecule has 2 saturated heterocycles. The smallest absolute Gasteiger partial charge is 0.235 e. The number of halogens is 1. The molecule has 0 aliphatic carbocycles. The number of aliphatic imine (C=N–C) groups is 2. The third kappa shape index (κ3) is 5.01. The molecule has 3 atom stereocenters. The number of hydrogen-bond acceptors (Lipinski definition) is 10. The van der Waals surface area contributed by atoms with E-state index in [4.69, 9.17) is 9.73 Å². The van der Waals surface area contributed by atoms with Crippen LogP contribution in [0.5, 0.6) is 0 Å². The van der Waals surface area contributed by atoms with Crippen LogP contribution >= 0.6 is 11.8 Å². The lowest BCUT2D eigenvalue weighted by atomic mass is 10.0. The number of ketones is 1. The van der Waals surface area contributed by atoms with Crippen molar-refractivity contribution in [3.63, 3.8) is 0 Å². The monoisotopic (exact) mass is 575 g/mol. The first-order valence-corrected chi connectivity index (χ1v) is 15.5. The highest BCUT2D eigenvalue weighted by molar-refractivity contribution is 8.15. The Kier molecular flexibility index (Phi) is 7.02. The van der Waals surface area contributed by atoms with Crippen LogP contribution < -0.4 is 4.31 Å². The molecule has 0 amide bonds. The molecule has 13 heteroatoms. The van der Waals surface area contributed by atoms with Crippen LogP contribution in [-0.4, -0.2) is 103 Å². The van der Waals surface area contributed by atoms with Gasteiger partial charge in [-0.2, -0.15) is 0 Å². The molecule has 1 N–H and O–H groups in total. The van der Waals surface area contributed by atoms with Crippen molar-refractivity contribution in [3.8, 4) is 0 Å². The van der Waals surface area contributed by atoms with E-state index in [0.29, 0.717) is 55.7 Å². The van der Waals surface area contributed by atoms with Crippen molar-refractivity contribution in [2.24, 2.45) is 9.98 Å². The number of nitrogens with zero attached hydrogens (tertiary/aromatic N) is 5. The minimum atomic E-state index is -3.47. The van der Waals surface area contributed by atoms with E-state index in [-0.39, 0.29) is 11.0 Å². The molecule has 0 spiro atoms. The number of carbonyl (C=O) groups excluding carboxylic acids is 1. The number of Topliss-reactive ketones (excluding diaryl/α,β-unsaturated/α-hetero) is 1. The van der Waals surface area contributed by atoms with E-state index in [9.17, 15) is 22.7 Å². The van der Waals surface area contributed by atoms with Gasteiger partial charge in [0.2, 0.25) is 15.8 Å². The highest BCUT2D eigenvalue weighted by Gasteiger charge is 2.43. The molecular weight excluding hydrogens is 545 g/mol. The SMILES string of the molecule is CC1=CC(N2CCOCC2)=CN2C1=NC(C1=NCC(Cc3ccc(F)cc3N3CCCS3(=O)=O)S1)C(=O)C2O.